The van der Waals surface area contributed by atoms with Crippen LogP contribution in [0.1, 0.15) is 250 Å². The number of halogens is 4. The predicted molar refractivity (Wildman–Crippen MR) is 506 cm³/mol. The number of nitrogens with one attached hydrogen (secondary N) is 2. The number of allylic oxidation sites excluding steroid dienone is 2. The Morgan fingerprint density at radius 2 is 0.871 bits per heavy atom. The van der Waals surface area contributed by atoms with Crippen molar-refractivity contribution >= 4 is 123 Å². The highest BCUT2D eigenvalue weighted by molar-refractivity contribution is 9.10. The molecule has 28 nitrogen and oxygen atoms in total. The molecular weight excluding hydrogens is 1710 g/mol. The second kappa shape index (κ2) is 62.7. The summed E-state index contributed by atoms with van der Waals surface area (Å²) in [6, 6.07) is 21.2. The monoisotopic (exact) mass is 1860 g/mol. The van der Waals surface area contributed by atoms with Crippen molar-refractivity contribution in [3.8, 4) is 0 Å². The van der Waals surface area contributed by atoms with Crippen LogP contribution < -0.4 is 29.6 Å². The summed E-state index contributed by atoms with van der Waals surface area (Å²) < 4.78 is 86.6. The van der Waals surface area contributed by atoms with Gasteiger partial charge < -0.3 is 43.9 Å². The van der Waals surface area contributed by atoms with E-state index in [1.54, 1.807) is 78.8 Å². The van der Waals surface area contributed by atoms with E-state index in [4.69, 9.17) is 9.47 Å². The fourth-order valence-electron chi connectivity index (χ4n) is 11.9. The summed E-state index contributed by atoms with van der Waals surface area (Å²) in [7, 11) is -3.68. The van der Waals surface area contributed by atoms with Crippen LogP contribution in [0.3, 0.4) is 0 Å². The van der Waals surface area contributed by atoms with Gasteiger partial charge in [0.15, 0.2) is 0 Å². The molecule has 5 aromatic rings. The van der Waals surface area contributed by atoms with Gasteiger partial charge in [0.1, 0.15) is 17.1 Å². The first kappa shape index (κ1) is 123. The average Bonchev–Trinajstić information content (AvgIpc) is 1.56. The van der Waals surface area contributed by atoms with Gasteiger partial charge in [0.2, 0.25) is 26.9 Å². The van der Waals surface area contributed by atoms with Crippen molar-refractivity contribution < 1.29 is 79.3 Å². The first-order chi connectivity index (χ1) is 55.7. The molecular formula is C90H149BrF3N11O17S2. The lowest BCUT2D eigenvalue weighted by Gasteiger charge is -2.31. The molecule has 34 heteroatoms. The van der Waals surface area contributed by atoms with Gasteiger partial charge in [-0.1, -0.05) is 195 Å². The fourth-order valence-corrected chi connectivity index (χ4v) is 13.4. The highest BCUT2D eigenvalue weighted by atomic mass is 79.9. The molecule has 1 aromatic heterocycles. The summed E-state index contributed by atoms with van der Waals surface area (Å²) in [5, 5.41) is 37.5. The molecule has 5 rings (SSSR count). The third-order valence-electron chi connectivity index (χ3n) is 16.2. The number of hydrogen-bond donors (Lipinski definition) is 2. The Balaban J connectivity index is -0.000000483. The lowest BCUT2D eigenvalue weighted by atomic mass is 9.96. The molecule has 0 bridgehead atoms. The molecule has 0 spiro atoms. The van der Waals surface area contributed by atoms with Crippen molar-refractivity contribution in [3.63, 3.8) is 0 Å². The van der Waals surface area contributed by atoms with Gasteiger partial charge in [0.25, 0.3) is 17.1 Å². The van der Waals surface area contributed by atoms with E-state index in [1.165, 1.54) is 25.1 Å². The van der Waals surface area contributed by atoms with Crippen LogP contribution in [0.15, 0.2) is 95.5 Å². The van der Waals surface area contributed by atoms with Crippen LogP contribution >= 0.6 is 27.5 Å². The van der Waals surface area contributed by atoms with E-state index in [0.717, 1.165) is 79.9 Å². The zero-order valence-corrected chi connectivity index (χ0v) is 78.3. The molecule has 0 aliphatic carbocycles. The molecule has 124 heavy (non-hydrogen) atoms. The molecule has 0 fully saturated rings. The molecule has 2 atom stereocenters. The summed E-state index contributed by atoms with van der Waals surface area (Å²) in [5.74, 6) is -0.392. The second-order valence-corrected chi connectivity index (χ2v) is 35.4. The van der Waals surface area contributed by atoms with Crippen molar-refractivity contribution in [1.82, 2.24) is 14.1 Å². The van der Waals surface area contributed by atoms with Gasteiger partial charge in [-0.2, -0.15) is 22.5 Å². The minimum absolute atomic E-state index is 0. The number of carbonyl (C=O) groups excluding carboxylic acids is 5. The number of anilines is 6. The van der Waals surface area contributed by atoms with Gasteiger partial charge in [-0.05, 0) is 159 Å². The number of rotatable bonds is 39. The standard InChI is InChI=1S/C22H32F3N5O3S2.C20H32N2O4.C20H30N2O4.C14H21BrN2O2.C6H10O2.C4H8O2.4CH4/c1-13(2)11-30(12-14(3)4)18-8-7-16(15(5)9-19(31)29-35(6,32)33)10-17(18)26-21-27-20(28-34-21)22(23,24)25;2*1-7-26-20(23)10-16(6)17-8-9-18(19(11-17)22(24)25)21(12-14(2)3)13-15(4)5;1-10(2)8-16(9-11(3)4)13-6-5-12(15)7-14(13)17(18)19;1-3-5-6(7)8-4-2;1-3-6-4(2)5;;;;/h7-8,10,13-15H,9,11-12H2,1-6H3,(H,29,31)(H,26,27,28);8-9,11,14-16H,7,10,12-13H2,1-6H3;8-11,14-15H,7,12-13H2,1-6H3;5-7,10-11H,8-9H2,1-4H3;3,5H,4H2,1-2H3;3H2,1-2H3;4*1H4/b;;16-10+;;5-3+;;;;;/t15-;16-;;;;;;;;/m11......../s1. The van der Waals surface area contributed by atoms with E-state index in [0.29, 0.717) is 119 Å². The van der Waals surface area contributed by atoms with Crippen molar-refractivity contribution in [1.29, 1.82) is 0 Å². The number of alkyl halides is 3. The maximum atomic E-state index is 13.0. The van der Waals surface area contributed by atoms with Gasteiger partial charge in [0, 0.05) is 112 Å². The van der Waals surface area contributed by atoms with Gasteiger partial charge in [0.05, 0.1) is 65.2 Å². The lowest BCUT2D eigenvalue weighted by molar-refractivity contribution is -0.384. The summed E-state index contributed by atoms with van der Waals surface area (Å²) >= 11 is 3.90. The largest absolute Gasteiger partial charge is 0.466 e. The van der Waals surface area contributed by atoms with Crippen molar-refractivity contribution in [2.24, 2.45) is 47.3 Å². The molecule has 4 aromatic carbocycles. The molecule has 1 amide bonds. The van der Waals surface area contributed by atoms with Crippen LogP contribution in [-0.4, -0.2) is 147 Å². The number of benzene rings is 4. The Labute approximate surface area is 751 Å². The zero-order valence-electron chi connectivity index (χ0n) is 75.1. The maximum absolute atomic E-state index is 13.0. The number of amides is 1. The first-order valence-corrected chi connectivity index (χ1v) is 44.0. The minimum atomic E-state index is -4.65. The zero-order chi connectivity index (χ0) is 92.2. The highest BCUT2D eigenvalue weighted by Gasteiger charge is 2.37. The first-order valence-electron chi connectivity index (χ1n) is 40.5. The third-order valence-corrected chi connectivity index (χ3v) is 17.9. The van der Waals surface area contributed by atoms with E-state index in [2.05, 4.69) is 170 Å². The van der Waals surface area contributed by atoms with Crippen LogP contribution in [-0.2, 0) is 59.1 Å². The van der Waals surface area contributed by atoms with Gasteiger partial charge in [-0.25, -0.2) is 18.0 Å². The van der Waals surface area contributed by atoms with Crippen LogP contribution in [0.5, 0.6) is 0 Å². The Morgan fingerprint density at radius 1 is 0.516 bits per heavy atom. The summed E-state index contributed by atoms with van der Waals surface area (Å²) in [5.41, 5.74) is 6.37. The van der Waals surface area contributed by atoms with Crippen LogP contribution in [0.4, 0.5) is 63.8 Å². The third kappa shape index (κ3) is 51.2. The molecule has 2 N–H and O–H groups in total. The SMILES string of the molecule is C.C.C.C.C/C=C/C(=O)OCC.CC(C)CN(CC(C)C)c1ccc(Br)cc1[N+](=O)[O-].CC(C)CN(CC(C)C)c1ccc([C@H](C)CC(=O)NS(C)(=O)=O)cc1Nc1nc(C(F)(F)F)ns1.CCOC(=O)/C=C(\C)c1ccc(N(CC(C)C)CC(C)C)c([N+](=O)[O-])c1.CCOC(=O)C[C@@H](C)c1ccc(N(CC(C)C)CC(C)C)c([N+](=O)[O-])c1.CCOC(C)=O. The number of nitro groups is 3. The lowest BCUT2D eigenvalue weighted by Crippen LogP contribution is -2.32. The number of esters is 4. The van der Waals surface area contributed by atoms with E-state index < -0.39 is 33.9 Å². The molecule has 1 heterocycles. The Kier molecular flexibility index (Phi) is 62.3. The quantitative estimate of drug-likeness (QED) is 0.0121. The van der Waals surface area contributed by atoms with Crippen LogP contribution in [0, 0.1) is 77.7 Å². The molecule has 0 aliphatic rings. The second-order valence-electron chi connectivity index (χ2n) is 32.0. The summed E-state index contributed by atoms with van der Waals surface area (Å²) in [6.07, 6.45) is 0.798. The van der Waals surface area contributed by atoms with Crippen molar-refractivity contribution in [2.45, 2.75) is 234 Å². The smallest absolute Gasteiger partial charge is 0.452 e. The fraction of sp³-hybridized carbons (Fsp3) is 0.611. The van der Waals surface area contributed by atoms with Crippen molar-refractivity contribution in [3.05, 3.63) is 148 Å². The topological polar surface area (TPSA) is 349 Å². The molecule has 0 saturated carbocycles. The number of carbonyl (C=O) groups is 5. The molecule has 0 radical (unpaired) electrons. The van der Waals surface area contributed by atoms with Crippen LogP contribution in [0.25, 0.3) is 5.57 Å². The van der Waals surface area contributed by atoms with E-state index >= 15 is 0 Å². The Bertz CT molecular complexity index is 4160. The van der Waals surface area contributed by atoms with E-state index in [9.17, 15) is 75.9 Å². The number of ether oxygens (including phenoxy) is 4. The van der Waals surface area contributed by atoms with E-state index in [-0.39, 0.29) is 109 Å². The Hall–Kier alpha value is -9.31. The normalized spacial score (nSPS) is 11.5. The van der Waals surface area contributed by atoms with E-state index in [1.807, 2.05) is 54.1 Å². The van der Waals surface area contributed by atoms with Gasteiger partial charge in [-0.15, -0.1) is 0 Å². The minimum Gasteiger partial charge on any atom is -0.466 e. The number of aromatic nitrogens is 2. The number of sulfonamides is 1. The number of nitrogens with zero attached hydrogens (tertiary/aromatic N) is 9. The maximum Gasteiger partial charge on any atom is 0.452 e. The predicted octanol–water partition coefficient (Wildman–Crippen LogP) is 23.2. The number of hydrogen-bond acceptors (Lipinski definition) is 25. The summed E-state index contributed by atoms with van der Waals surface area (Å²) in [4.78, 5) is 101. The molecule has 0 saturated heterocycles. The highest BCUT2D eigenvalue weighted by Crippen LogP contribution is 2.39. The number of nitro benzene ring substituents is 3. The summed E-state index contributed by atoms with van der Waals surface area (Å²) in [6.45, 7) is 56.9. The average molecular weight is 1860 g/mol. The molecule has 0 unspecified atom stereocenters. The molecule has 0 aliphatic heterocycles. The van der Waals surface area contributed by atoms with Gasteiger partial charge in [-0.3, -0.25) is 49.4 Å². The van der Waals surface area contributed by atoms with Crippen molar-refractivity contribution in [2.75, 3.05) is 110 Å². The Morgan fingerprint density at radius 3 is 1.23 bits per heavy atom. The van der Waals surface area contributed by atoms with Crippen LogP contribution in [0.2, 0.25) is 0 Å². The van der Waals surface area contributed by atoms with Gasteiger partial charge >= 0.3 is 30.1 Å². The molecule has 706 valence electrons.